The van der Waals surface area contributed by atoms with E-state index in [2.05, 4.69) is 10.4 Å². The first-order chi connectivity index (χ1) is 7.41. The Bertz CT molecular complexity index is 348. The van der Waals surface area contributed by atoms with Crippen LogP contribution in [0.4, 0.5) is 13.2 Å². The number of aryl methyl sites for hydroxylation is 1. The number of alkyl halides is 3. The van der Waals surface area contributed by atoms with Crippen LogP contribution < -0.4 is 5.32 Å². The van der Waals surface area contributed by atoms with E-state index in [-0.39, 0.29) is 17.3 Å². The van der Waals surface area contributed by atoms with E-state index >= 15 is 0 Å². The van der Waals surface area contributed by atoms with Gasteiger partial charge in [0, 0.05) is 6.54 Å². The molecule has 1 aromatic rings. The summed E-state index contributed by atoms with van der Waals surface area (Å²) in [7, 11) is 0. The molecule has 1 unspecified atom stereocenters. The van der Waals surface area contributed by atoms with E-state index < -0.39 is 12.2 Å². The number of hydrogen-bond donors (Lipinski definition) is 1. The molecule has 0 saturated heterocycles. The van der Waals surface area contributed by atoms with Crippen LogP contribution in [0.15, 0.2) is 6.20 Å². The second kappa shape index (κ2) is 5.05. The maximum Gasteiger partial charge on any atom is 0.409 e. The largest absolute Gasteiger partial charge is 0.409 e. The van der Waals surface area contributed by atoms with Gasteiger partial charge in [0.2, 0.25) is 0 Å². The molecule has 1 atom stereocenters. The van der Waals surface area contributed by atoms with E-state index in [1.165, 1.54) is 10.9 Å². The SMILES string of the molecule is CCNC(c1c(Cl)cnn1CC)C(F)(F)F. The normalized spacial score (nSPS) is 14.1. The molecule has 0 bridgehead atoms. The zero-order valence-corrected chi connectivity index (χ0v) is 9.73. The third kappa shape index (κ3) is 2.68. The van der Waals surface area contributed by atoms with E-state index in [9.17, 15) is 13.2 Å². The number of nitrogens with zero attached hydrogens (tertiary/aromatic N) is 2. The lowest BCUT2D eigenvalue weighted by Gasteiger charge is -2.22. The van der Waals surface area contributed by atoms with Gasteiger partial charge in [-0.25, -0.2) is 0 Å². The smallest absolute Gasteiger partial charge is 0.301 e. The van der Waals surface area contributed by atoms with Gasteiger partial charge in [0.1, 0.15) is 6.04 Å². The average Bonchev–Trinajstić information content (AvgIpc) is 2.54. The molecule has 0 aromatic carbocycles. The molecule has 92 valence electrons. The molecule has 1 aromatic heterocycles. The van der Waals surface area contributed by atoms with Crippen LogP contribution in [0.5, 0.6) is 0 Å². The van der Waals surface area contributed by atoms with Crippen LogP contribution in [0, 0.1) is 0 Å². The van der Waals surface area contributed by atoms with Gasteiger partial charge >= 0.3 is 6.18 Å². The predicted octanol–water partition coefficient (Wildman–Crippen LogP) is 2.77. The first-order valence-corrected chi connectivity index (χ1v) is 5.30. The molecule has 0 aliphatic heterocycles. The minimum atomic E-state index is -4.38. The summed E-state index contributed by atoms with van der Waals surface area (Å²) in [6.07, 6.45) is -3.15. The van der Waals surface area contributed by atoms with Gasteiger partial charge in [-0.15, -0.1) is 0 Å². The molecular weight excluding hydrogens is 243 g/mol. The van der Waals surface area contributed by atoms with Crippen molar-refractivity contribution in [3.63, 3.8) is 0 Å². The van der Waals surface area contributed by atoms with Crippen LogP contribution in [0.25, 0.3) is 0 Å². The summed E-state index contributed by atoms with van der Waals surface area (Å²) < 4.78 is 39.7. The van der Waals surface area contributed by atoms with Crippen LogP contribution in [0.3, 0.4) is 0 Å². The lowest BCUT2D eigenvalue weighted by atomic mass is 10.2. The van der Waals surface area contributed by atoms with E-state index in [1.807, 2.05) is 0 Å². The Morgan fingerprint density at radius 1 is 1.50 bits per heavy atom. The molecule has 0 spiro atoms. The monoisotopic (exact) mass is 255 g/mol. The number of aromatic nitrogens is 2. The fourth-order valence-corrected chi connectivity index (χ4v) is 1.73. The highest BCUT2D eigenvalue weighted by Crippen LogP contribution is 2.35. The third-order valence-corrected chi connectivity index (χ3v) is 2.43. The van der Waals surface area contributed by atoms with Crippen LogP contribution in [0.1, 0.15) is 25.6 Å². The zero-order valence-electron chi connectivity index (χ0n) is 8.98. The number of nitrogens with one attached hydrogen (secondary N) is 1. The number of hydrogen-bond acceptors (Lipinski definition) is 2. The minimum Gasteiger partial charge on any atom is -0.301 e. The molecule has 0 saturated carbocycles. The summed E-state index contributed by atoms with van der Waals surface area (Å²) in [4.78, 5) is 0. The van der Waals surface area contributed by atoms with Crippen molar-refractivity contribution >= 4 is 11.6 Å². The molecule has 0 fully saturated rings. The summed E-state index contributed by atoms with van der Waals surface area (Å²) in [5.74, 6) is 0. The van der Waals surface area contributed by atoms with E-state index in [0.717, 1.165) is 0 Å². The van der Waals surface area contributed by atoms with Crippen molar-refractivity contribution in [2.45, 2.75) is 32.6 Å². The second-order valence-corrected chi connectivity index (χ2v) is 3.63. The average molecular weight is 256 g/mol. The molecule has 3 nitrogen and oxygen atoms in total. The van der Waals surface area contributed by atoms with Gasteiger partial charge in [0.15, 0.2) is 0 Å². The lowest BCUT2D eigenvalue weighted by Crippen LogP contribution is -2.36. The minimum absolute atomic E-state index is 0.0292. The van der Waals surface area contributed by atoms with E-state index in [1.54, 1.807) is 13.8 Å². The van der Waals surface area contributed by atoms with Crippen molar-refractivity contribution in [2.24, 2.45) is 0 Å². The second-order valence-electron chi connectivity index (χ2n) is 3.23. The maximum absolute atomic E-state index is 12.8. The number of rotatable bonds is 4. The van der Waals surface area contributed by atoms with Crippen LogP contribution in [0.2, 0.25) is 5.02 Å². The molecule has 16 heavy (non-hydrogen) atoms. The fraction of sp³-hybridized carbons (Fsp3) is 0.667. The Labute approximate surface area is 96.6 Å². The molecule has 1 heterocycles. The van der Waals surface area contributed by atoms with Gasteiger partial charge in [0.25, 0.3) is 0 Å². The van der Waals surface area contributed by atoms with Gasteiger partial charge in [-0.05, 0) is 13.5 Å². The summed E-state index contributed by atoms with van der Waals surface area (Å²) in [5, 5.41) is 6.20. The summed E-state index contributed by atoms with van der Waals surface area (Å²) in [6, 6.07) is -1.77. The highest BCUT2D eigenvalue weighted by molar-refractivity contribution is 6.31. The Morgan fingerprint density at radius 2 is 2.12 bits per heavy atom. The molecule has 0 aliphatic carbocycles. The standard InChI is InChI=1S/C9H13ClF3N3/c1-3-14-8(9(11,12)13)7-6(10)5-15-16(7)4-2/h5,8,14H,3-4H2,1-2H3. The highest BCUT2D eigenvalue weighted by Gasteiger charge is 2.43. The Balaban J connectivity index is 3.14. The summed E-state index contributed by atoms with van der Waals surface area (Å²) in [6.45, 7) is 3.88. The number of halogens is 4. The van der Waals surface area contributed by atoms with Gasteiger partial charge in [-0.3, -0.25) is 4.68 Å². The third-order valence-electron chi connectivity index (χ3n) is 2.14. The van der Waals surface area contributed by atoms with Gasteiger partial charge < -0.3 is 5.32 Å². The fourth-order valence-electron chi connectivity index (χ4n) is 1.48. The molecule has 1 N–H and O–H groups in total. The first kappa shape index (κ1) is 13.3. The topological polar surface area (TPSA) is 29.9 Å². The van der Waals surface area contributed by atoms with Crippen molar-refractivity contribution < 1.29 is 13.2 Å². The molecule has 7 heteroatoms. The summed E-state index contributed by atoms with van der Waals surface area (Å²) in [5.41, 5.74) is -0.0292. The Kier molecular flexibility index (Phi) is 4.21. The first-order valence-electron chi connectivity index (χ1n) is 4.93. The molecule has 0 radical (unpaired) electrons. The quantitative estimate of drug-likeness (QED) is 0.897. The van der Waals surface area contributed by atoms with E-state index in [4.69, 9.17) is 11.6 Å². The molecular formula is C9H13ClF3N3. The maximum atomic E-state index is 12.8. The Morgan fingerprint density at radius 3 is 2.56 bits per heavy atom. The van der Waals surface area contributed by atoms with Crippen LogP contribution in [-0.4, -0.2) is 22.5 Å². The van der Waals surface area contributed by atoms with Crippen molar-refractivity contribution in [3.05, 3.63) is 16.9 Å². The predicted molar refractivity (Wildman–Crippen MR) is 55.4 cm³/mol. The Hall–Kier alpha value is -0.750. The van der Waals surface area contributed by atoms with Gasteiger partial charge in [0.05, 0.1) is 16.9 Å². The molecule has 0 amide bonds. The molecule has 1 rings (SSSR count). The van der Waals surface area contributed by atoms with Crippen LogP contribution in [-0.2, 0) is 6.54 Å². The van der Waals surface area contributed by atoms with Crippen molar-refractivity contribution in [3.8, 4) is 0 Å². The van der Waals surface area contributed by atoms with Crippen molar-refractivity contribution in [1.82, 2.24) is 15.1 Å². The summed E-state index contributed by atoms with van der Waals surface area (Å²) >= 11 is 5.74. The lowest BCUT2D eigenvalue weighted by molar-refractivity contribution is -0.159. The van der Waals surface area contributed by atoms with Gasteiger partial charge in [-0.2, -0.15) is 18.3 Å². The van der Waals surface area contributed by atoms with Crippen LogP contribution >= 0.6 is 11.6 Å². The van der Waals surface area contributed by atoms with Crippen molar-refractivity contribution in [1.29, 1.82) is 0 Å². The van der Waals surface area contributed by atoms with Gasteiger partial charge in [-0.1, -0.05) is 18.5 Å². The van der Waals surface area contributed by atoms with E-state index in [0.29, 0.717) is 6.54 Å². The van der Waals surface area contributed by atoms with Crippen molar-refractivity contribution in [2.75, 3.05) is 6.54 Å². The highest BCUT2D eigenvalue weighted by atomic mass is 35.5. The zero-order chi connectivity index (χ0) is 12.3. The molecule has 0 aliphatic rings.